The van der Waals surface area contributed by atoms with Crippen molar-refractivity contribution in [2.24, 2.45) is 0 Å². The van der Waals surface area contributed by atoms with Crippen molar-refractivity contribution in [2.45, 2.75) is 13.3 Å². The molecule has 0 aliphatic carbocycles. The van der Waals surface area contributed by atoms with Gasteiger partial charge in [0.1, 0.15) is 12.2 Å². The number of anilines is 1. The van der Waals surface area contributed by atoms with Gasteiger partial charge in [-0.05, 0) is 31.2 Å². The first-order valence-electron chi connectivity index (χ1n) is 4.94. The summed E-state index contributed by atoms with van der Waals surface area (Å²) in [6, 6.07) is 5.35. The van der Waals surface area contributed by atoms with Crippen LogP contribution < -0.4 is 10.6 Å². The lowest BCUT2D eigenvalue weighted by atomic mass is 10.3. The Morgan fingerprint density at radius 1 is 1.19 bits per heavy atom. The van der Waals surface area contributed by atoms with Gasteiger partial charge in [0.15, 0.2) is 0 Å². The van der Waals surface area contributed by atoms with Crippen molar-refractivity contribution in [1.82, 2.24) is 5.32 Å². The Morgan fingerprint density at radius 2 is 1.81 bits per heavy atom. The minimum absolute atomic E-state index is 0.231. The summed E-state index contributed by atoms with van der Waals surface area (Å²) in [6.45, 7) is 2.26. The lowest BCUT2D eigenvalue weighted by molar-refractivity contribution is -0.126. The predicted molar refractivity (Wildman–Crippen MR) is 58.3 cm³/mol. The van der Waals surface area contributed by atoms with E-state index in [1.165, 1.54) is 24.3 Å². The molecule has 1 aromatic carbocycles. The van der Waals surface area contributed by atoms with Crippen LogP contribution in [0.2, 0.25) is 0 Å². The predicted octanol–water partition coefficient (Wildman–Crippen LogP) is 1.29. The number of amides is 2. The number of hydrogen-bond donors (Lipinski definition) is 2. The number of nitrogens with one attached hydrogen (secondary N) is 2. The van der Waals surface area contributed by atoms with Crippen LogP contribution in [0.4, 0.5) is 10.1 Å². The first kappa shape index (κ1) is 12.2. The fraction of sp³-hybridized carbons (Fsp3) is 0.273. The van der Waals surface area contributed by atoms with Crippen LogP contribution in [0, 0.1) is 5.82 Å². The molecular formula is C11H13FN2O2. The average molecular weight is 224 g/mol. The molecule has 0 heterocycles. The van der Waals surface area contributed by atoms with Crippen LogP contribution >= 0.6 is 0 Å². The molecular weight excluding hydrogens is 211 g/mol. The van der Waals surface area contributed by atoms with E-state index in [4.69, 9.17) is 0 Å². The molecule has 0 fully saturated rings. The maximum atomic E-state index is 12.6. The topological polar surface area (TPSA) is 58.2 Å². The molecule has 0 atom stereocenters. The largest absolute Gasteiger partial charge is 0.356 e. The number of carbonyl (C=O) groups is 2. The third-order valence-corrected chi connectivity index (χ3v) is 1.82. The Morgan fingerprint density at radius 3 is 2.38 bits per heavy atom. The third kappa shape index (κ3) is 4.08. The molecule has 2 N–H and O–H groups in total. The molecule has 2 amide bonds. The smallest absolute Gasteiger partial charge is 0.233 e. The maximum Gasteiger partial charge on any atom is 0.233 e. The molecule has 1 rings (SSSR count). The number of hydrogen-bond acceptors (Lipinski definition) is 2. The number of benzene rings is 1. The van der Waals surface area contributed by atoms with Gasteiger partial charge in [-0.2, -0.15) is 0 Å². The Kier molecular flexibility index (Phi) is 4.44. The van der Waals surface area contributed by atoms with E-state index in [-0.39, 0.29) is 18.1 Å². The van der Waals surface area contributed by atoms with E-state index in [0.29, 0.717) is 12.2 Å². The van der Waals surface area contributed by atoms with Crippen molar-refractivity contribution in [3.63, 3.8) is 0 Å². The van der Waals surface area contributed by atoms with Crippen LogP contribution in [0.5, 0.6) is 0 Å². The molecule has 0 radical (unpaired) electrons. The normalized spacial score (nSPS) is 9.62. The Balaban J connectivity index is 2.45. The number of carbonyl (C=O) groups excluding carboxylic acids is 2. The van der Waals surface area contributed by atoms with E-state index >= 15 is 0 Å². The van der Waals surface area contributed by atoms with E-state index in [2.05, 4.69) is 10.6 Å². The van der Waals surface area contributed by atoms with Gasteiger partial charge in [0, 0.05) is 12.2 Å². The molecule has 0 bridgehead atoms. The zero-order valence-electron chi connectivity index (χ0n) is 8.92. The summed E-state index contributed by atoms with van der Waals surface area (Å²) in [4.78, 5) is 22.4. The van der Waals surface area contributed by atoms with E-state index in [1.807, 2.05) is 0 Å². The molecule has 0 unspecified atom stereocenters. The van der Waals surface area contributed by atoms with Crippen molar-refractivity contribution in [3.05, 3.63) is 30.1 Å². The molecule has 0 saturated heterocycles. The number of halogens is 1. The van der Waals surface area contributed by atoms with E-state index in [0.717, 1.165) is 0 Å². The molecule has 0 aliphatic rings. The minimum Gasteiger partial charge on any atom is -0.356 e. The summed E-state index contributed by atoms with van der Waals surface area (Å²) in [5.74, 6) is -1.12. The van der Waals surface area contributed by atoms with Crippen LogP contribution in [-0.2, 0) is 9.59 Å². The van der Waals surface area contributed by atoms with E-state index in [9.17, 15) is 14.0 Å². The van der Waals surface area contributed by atoms with Gasteiger partial charge in [0.25, 0.3) is 0 Å². The fourth-order valence-electron chi connectivity index (χ4n) is 1.14. The van der Waals surface area contributed by atoms with Crippen LogP contribution in [0.1, 0.15) is 13.3 Å². The van der Waals surface area contributed by atoms with Gasteiger partial charge in [0.05, 0.1) is 0 Å². The highest BCUT2D eigenvalue weighted by atomic mass is 19.1. The lowest BCUT2D eigenvalue weighted by Crippen LogP contribution is -2.27. The van der Waals surface area contributed by atoms with Crippen LogP contribution in [0.3, 0.4) is 0 Å². The first-order valence-corrected chi connectivity index (χ1v) is 4.94. The summed E-state index contributed by atoms with van der Waals surface area (Å²) in [5, 5.41) is 5.00. The highest BCUT2D eigenvalue weighted by Gasteiger charge is 2.08. The third-order valence-electron chi connectivity index (χ3n) is 1.82. The van der Waals surface area contributed by atoms with Gasteiger partial charge in [-0.1, -0.05) is 0 Å². The zero-order valence-corrected chi connectivity index (χ0v) is 8.92. The van der Waals surface area contributed by atoms with Crippen molar-refractivity contribution in [1.29, 1.82) is 0 Å². The van der Waals surface area contributed by atoms with Gasteiger partial charge in [-0.25, -0.2) is 4.39 Å². The van der Waals surface area contributed by atoms with E-state index in [1.54, 1.807) is 6.92 Å². The Labute approximate surface area is 92.8 Å². The average Bonchev–Trinajstić information content (AvgIpc) is 2.21. The highest BCUT2D eigenvalue weighted by Crippen LogP contribution is 2.08. The van der Waals surface area contributed by atoms with Crippen LogP contribution in [-0.4, -0.2) is 18.4 Å². The van der Waals surface area contributed by atoms with E-state index < -0.39 is 5.91 Å². The first-order chi connectivity index (χ1) is 7.61. The van der Waals surface area contributed by atoms with Crippen molar-refractivity contribution in [2.75, 3.05) is 11.9 Å². The maximum absolute atomic E-state index is 12.6. The Hall–Kier alpha value is -1.91. The van der Waals surface area contributed by atoms with Crippen LogP contribution in [0.15, 0.2) is 24.3 Å². The summed E-state index contributed by atoms with van der Waals surface area (Å²) >= 11 is 0. The summed E-state index contributed by atoms with van der Waals surface area (Å²) in [6.07, 6.45) is -0.231. The van der Waals surface area contributed by atoms with Gasteiger partial charge in [0.2, 0.25) is 11.8 Å². The quantitative estimate of drug-likeness (QED) is 0.757. The molecule has 0 saturated carbocycles. The minimum atomic E-state index is -0.419. The summed E-state index contributed by atoms with van der Waals surface area (Å²) < 4.78 is 12.6. The van der Waals surface area contributed by atoms with Gasteiger partial charge < -0.3 is 10.6 Å². The standard InChI is InChI=1S/C11H13FN2O2/c1-2-13-10(15)7-11(16)14-9-5-3-8(12)4-6-9/h3-6H,2,7H2,1H3,(H,13,15)(H,14,16). The van der Waals surface area contributed by atoms with Crippen molar-refractivity contribution < 1.29 is 14.0 Å². The molecule has 4 nitrogen and oxygen atoms in total. The molecule has 0 spiro atoms. The molecule has 5 heteroatoms. The molecule has 1 aromatic rings. The second-order valence-corrected chi connectivity index (χ2v) is 3.19. The fourth-order valence-corrected chi connectivity index (χ4v) is 1.14. The SMILES string of the molecule is CCNC(=O)CC(=O)Nc1ccc(F)cc1. The second kappa shape index (κ2) is 5.85. The summed E-state index contributed by atoms with van der Waals surface area (Å²) in [7, 11) is 0. The lowest BCUT2D eigenvalue weighted by Gasteiger charge is -2.04. The Bertz CT molecular complexity index is 376. The van der Waals surface area contributed by atoms with Gasteiger partial charge >= 0.3 is 0 Å². The molecule has 0 aromatic heterocycles. The van der Waals surface area contributed by atoms with Crippen LogP contribution in [0.25, 0.3) is 0 Å². The molecule has 16 heavy (non-hydrogen) atoms. The van der Waals surface area contributed by atoms with Crippen molar-refractivity contribution in [3.8, 4) is 0 Å². The van der Waals surface area contributed by atoms with Gasteiger partial charge in [-0.3, -0.25) is 9.59 Å². The summed E-state index contributed by atoms with van der Waals surface area (Å²) in [5.41, 5.74) is 0.468. The highest BCUT2D eigenvalue weighted by molar-refractivity contribution is 6.03. The monoisotopic (exact) mass is 224 g/mol. The number of rotatable bonds is 4. The van der Waals surface area contributed by atoms with Gasteiger partial charge in [-0.15, -0.1) is 0 Å². The second-order valence-electron chi connectivity index (χ2n) is 3.19. The molecule has 86 valence electrons. The van der Waals surface area contributed by atoms with Crippen molar-refractivity contribution >= 4 is 17.5 Å². The molecule has 0 aliphatic heterocycles. The zero-order chi connectivity index (χ0) is 12.0.